The molecular formula is C17H17N5. The molecule has 22 heavy (non-hydrogen) atoms. The van der Waals surface area contributed by atoms with E-state index < -0.39 is 0 Å². The molecule has 110 valence electrons. The van der Waals surface area contributed by atoms with E-state index in [0.29, 0.717) is 5.82 Å². The van der Waals surface area contributed by atoms with Gasteiger partial charge in [-0.3, -0.25) is 10.1 Å². The Morgan fingerprint density at radius 2 is 2.00 bits per heavy atom. The zero-order chi connectivity index (χ0) is 14.8. The number of aromatic amines is 1. The van der Waals surface area contributed by atoms with Gasteiger partial charge in [-0.2, -0.15) is 5.10 Å². The Bertz CT molecular complexity index is 765. The Hall–Kier alpha value is -2.69. The predicted molar refractivity (Wildman–Crippen MR) is 85.4 cm³/mol. The third kappa shape index (κ3) is 2.45. The van der Waals surface area contributed by atoms with E-state index in [1.165, 1.54) is 17.7 Å². The number of para-hydroxylation sites is 1. The lowest BCUT2D eigenvalue weighted by atomic mass is 10.0. The molecule has 2 aromatic heterocycles. The largest absolute Gasteiger partial charge is 0.364 e. The van der Waals surface area contributed by atoms with Crippen molar-refractivity contribution in [3.05, 3.63) is 60.0 Å². The number of hydrogen-bond donors (Lipinski definition) is 1. The first-order valence-corrected chi connectivity index (χ1v) is 7.56. The summed E-state index contributed by atoms with van der Waals surface area (Å²) in [6.07, 6.45) is 4.09. The summed E-state index contributed by atoms with van der Waals surface area (Å²) >= 11 is 0. The van der Waals surface area contributed by atoms with Gasteiger partial charge in [0.05, 0.1) is 6.54 Å². The van der Waals surface area contributed by atoms with E-state index in [1.807, 2.05) is 18.2 Å². The topological polar surface area (TPSA) is 57.7 Å². The van der Waals surface area contributed by atoms with Gasteiger partial charge in [0, 0.05) is 18.4 Å². The van der Waals surface area contributed by atoms with Crippen LogP contribution in [0, 0.1) is 0 Å². The van der Waals surface area contributed by atoms with E-state index in [0.717, 1.165) is 31.0 Å². The van der Waals surface area contributed by atoms with Gasteiger partial charge in [-0.25, -0.2) is 4.98 Å². The van der Waals surface area contributed by atoms with Crippen molar-refractivity contribution in [1.29, 1.82) is 0 Å². The van der Waals surface area contributed by atoms with Crippen molar-refractivity contribution in [3.8, 4) is 11.5 Å². The first-order chi connectivity index (χ1) is 10.9. The summed E-state index contributed by atoms with van der Waals surface area (Å²) in [6, 6.07) is 14.3. The SMILES string of the molecule is c1ccc(-c2n[nH]c(CN3CCCc4ccccc43)n2)nc1. The molecule has 0 radical (unpaired) electrons. The minimum Gasteiger partial charge on any atom is -0.364 e. The Labute approximate surface area is 129 Å². The van der Waals surface area contributed by atoms with Crippen LogP contribution in [0.3, 0.4) is 0 Å². The first kappa shape index (κ1) is 13.0. The monoisotopic (exact) mass is 291 g/mol. The molecule has 3 heterocycles. The maximum atomic E-state index is 4.58. The van der Waals surface area contributed by atoms with Gasteiger partial charge in [0.2, 0.25) is 0 Å². The molecule has 3 aromatic rings. The molecule has 4 rings (SSSR count). The van der Waals surface area contributed by atoms with E-state index in [1.54, 1.807) is 6.20 Å². The van der Waals surface area contributed by atoms with Crippen LogP contribution in [0.2, 0.25) is 0 Å². The van der Waals surface area contributed by atoms with Gasteiger partial charge in [-0.15, -0.1) is 0 Å². The molecule has 1 aliphatic heterocycles. The molecule has 5 heteroatoms. The van der Waals surface area contributed by atoms with Crippen molar-refractivity contribution in [2.45, 2.75) is 19.4 Å². The number of rotatable bonds is 3. The Balaban J connectivity index is 1.57. The number of H-pyrrole nitrogens is 1. The summed E-state index contributed by atoms with van der Waals surface area (Å²) in [5.74, 6) is 1.53. The van der Waals surface area contributed by atoms with Crippen LogP contribution >= 0.6 is 0 Å². The van der Waals surface area contributed by atoms with Crippen LogP contribution in [0.25, 0.3) is 11.5 Å². The number of hydrogen-bond acceptors (Lipinski definition) is 4. The summed E-state index contributed by atoms with van der Waals surface area (Å²) in [5.41, 5.74) is 3.52. The molecule has 5 nitrogen and oxygen atoms in total. The number of benzene rings is 1. The van der Waals surface area contributed by atoms with Crippen molar-refractivity contribution in [2.24, 2.45) is 0 Å². The molecule has 0 saturated carbocycles. The zero-order valence-corrected chi connectivity index (χ0v) is 12.2. The summed E-state index contributed by atoms with van der Waals surface area (Å²) < 4.78 is 0. The molecule has 0 unspecified atom stereocenters. The number of nitrogens with zero attached hydrogens (tertiary/aromatic N) is 4. The van der Waals surface area contributed by atoms with Crippen LogP contribution in [0.1, 0.15) is 17.8 Å². The zero-order valence-electron chi connectivity index (χ0n) is 12.2. The normalized spacial score (nSPS) is 13.9. The van der Waals surface area contributed by atoms with Crippen molar-refractivity contribution < 1.29 is 0 Å². The van der Waals surface area contributed by atoms with Crippen molar-refractivity contribution in [3.63, 3.8) is 0 Å². The van der Waals surface area contributed by atoms with E-state index in [-0.39, 0.29) is 0 Å². The Morgan fingerprint density at radius 3 is 2.91 bits per heavy atom. The average molecular weight is 291 g/mol. The summed E-state index contributed by atoms with van der Waals surface area (Å²) in [6.45, 7) is 1.80. The van der Waals surface area contributed by atoms with Crippen LogP contribution < -0.4 is 4.90 Å². The molecular weight excluding hydrogens is 274 g/mol. The van der Waals surface area contributed by atoms with Crippen LogP contribution in [-0.2, 0) is 13.0 Å². The van der Waals surface area contributed by atoms with Gasteiger partial charge in [0.25, 0.3) is 0 Å². The second-order valence-corrected chi connectivity index (χ2v) is 5.47. The van der Waals surface area contributed by atoms with Crippen LogP contribution in [-0.4, -0.2) is 26.7 Å². The molecule has 0 amide bonds. The van der Waals surface area contributed by atoms with Gasteiger partial charge >= 0.3 is 0 Å². The quantitative estimate of drug-likeness (QED) is 0.806. The maximum absolute atomic E-state index is 4.58. The van der Waals surface area contributed by atoms with Gasteiger partial charge in [0.1, 0.15) is 11.5 Å². The molecule has 0 fully saturated rings. The molecule has 0 saturated heterocycles. The highest BCUT2D eigenvalue weighted by Gasteiger charge is 2.18. The Morgan fingerprint density at radius 1 is 1.09 bits per heavy atom. The number of aryl methyl sites for hydroxylation is 1. The van der Waals surface area contributed by atoms with E-state index >= 15 is 0 Å². The lowest BCUT2D eigenvalue weighted by Gasteiger charge is -2.30. The lowest BCUT2D eigenvalue weighted by Crippen LogP contribution is -2.29. The van der Waals surface area contributed by atoms with E-state index in [9.17, 15) is 0 Å². The number of nitrogens with one attached hydrogen (secondary N) is 1. The number of fused-ring (bicyclic) bond motifs is 1. The molecule has 0 bridgehead atoms. The molecule has 1 N–H and O–H groups in total. The van der Waals surface area contributed by atoms with Gasteiger partial charge in [0.15, 0.2) is 5.82 Å². The Kier molecular flexibility index (Phi) is 3.31. The fraction of sp³-hybridized carbons (Fsp3) is 0.235. The second-order valence-electron chi connectivity index (χ2n) is 5.47. The second kappa shape index (κ2) is 5.60. The first-order valence-electron chi connectivity index (χ1n) is 7.56. The van der Waals surface area contributed by atoms with Gasteiger partial charge < -0.3 is 4.90 Å². The third-order valence-electron chi connectivity index (χ3n) is 3.97. The lowest BCUT2D eigenvalue weighted by molar-refractivity contribution is 0.675. The smallest absolute Gasteiger partial charge is 0.199 e. The maximum Gasteiger partial charge on any atom is 0.199 e. The van der Waals surface area contributed by atoms with Gasteiger partial charge in [-0.05, 0) is 36.6 Å². The van der Waals surface area contributed by atoms with E-state index in [2.05, 4.69) is 49.3 Å². The average Bonchev–Trinajstić information content (AvgIpc) is 3.05. The van der Waals surface area contributed by atoms with Crippen molar-refractivity contribution in [2.75, 3.05) is 11.4 Å². The standard InChI is InChI=1S/C17H17N5/c1-2-9-15-13(6-1)7-5-11-22(15)12-16-19-17(21-20-16)14-8-3-4-10-18-14/h1-4,6,8-10H,5,7,11-12H2,(H,19,20,21). The van der Waals surface area contributed by atoms with Crippen molar-refractivity contribution >= 4 is 5.69 Å². The summed E-state index contributed by atoms with van der Waals surface area (Å²) in [5, 5.41) is 7.32. The number of aromatic nitrogens is 4. The fourth-order valence-corrected chi connectivity index (χ4v) is 2.93. The molecule has 0 atom stereocenters. The van der Waals surface area contributed by atoms with Crippen LogP contribution in [0.5, 0.6) is 0 Å². The molecule has 1 aromatic carbocycles. The predicted octanol–water partition coefficient (Wildman–Crippen LogP) is 2.82. The minimum absolute atomic E-state index is 0.654. The van der Waals surface area contributed by atoms with Crippen LogP contribution in [0.4, 0.5) is 5.69 Å². The number of anilines is 1. The molecule has 1 aliphatic rings. The fourth-order valence-electron chi connectivity index (χ4n) is 2.93. The highest BCUT2D eigenvalue weighted by Crippen LogP contribution is 2.27. The summed E-state index contributed by atoms with van der Waals surface area (Å²) in [4.78, 5) is 11.2. The third-order valence-corrected chi connectivity index (χ3v) is 3.97. The summed E-state index contributed by atoms with van der Waals surface area (Å²) in [7, 11) is 0. The van der Waals surface area contributed by atoms with Gasteiger partial charge in [-0.1, -0.05) is 24.3 Å². The highest BCUT2D eigenvalue weighted by atomic mass is 15.3. The molecule has 0 aliphatic carbocycles. The highest BCUT2D eigenvalue weighted by molar-refractivity contribution is 5.55. The van der Waals surface area contributed by atoms with Crippen molar-refractivity contribution in [1.82, 2.24) is 20.2 Å². The number of pyridine rings is 1. The van der Waals surface area contributed by atoms with E-state index in [4.69, 9.17) is 0 Å². The van der Waals surface area contributed by atoms with Crippen LogP contribution in [0.15, 0.2) is 48.7 Å². The minimum atomic E-state index is 0.654. The molecule has 0 spiro atoms.